The highest BCUT2D eigenvalue weighted by molar-refractivity contribution is 5.79. The summed E-state index contributed by atoms with van der Waals surface area (Å²) in [6.45, 7) is 1.28. The van der Waals surface area contributed by atoms with Crippen LogP contribution in [0.25, 0.3) is 0 Å². The number of nitrogens with zero attached hydrogens (tertiary/aromatic N) is 2. The average molecular weight is 328 g/mol. The van der Waals surface area contributed by atoms with Crippen molar-refractivity contribution in [1.29, 1.82) is 0 Å². The number of ether oxygens (including phenoxy) is 1. The van der Waals surface area contributed by atoms with Crippen LogP contribution in [0.2, 0.25) is 0 Å². The summed E-state index contributed by atoms with van der Waals surface area (Å²) in [6.07, 6.45) is 1.71. The molecule has 6 heteroatoms. The Bertz CT molecular complexity index is 646. The molecule has 0 radical (unpaired) electrons. The molecule has 128 valence electrons. The number of rotatable bonds is 7. The van der Waals surface area contributed by atoms with E-state index in [0.29, 0.717) is 24.9 Å². The molecule has 0 saturated carbocycles. The van der Waals surface area contributed by atoms with E-state index >= 15 is 0 Å². The van der Waals surface area contributed by atoms with Crippen molar-refractivity contribution < 1.29 is 9.84 Å². The number of aromatic nitrogens is 1. The molecule has 0 bridgehead atoms. The van der Waals surface area contributed by atoms with Crippen LogP contribution >= 0.6 is 0 Å². The van der Waals surface area contributed by atoms with Crippen LogP contribution in [0.15, 0.2) is 53.7 Å². The second kappa shape index (κ2) is 9.52. The smallest absolute Gasteiger partial charge is 0.213 e. The lowest BCUT2D eigenvalue weighted by molar-refractivity contribution is 0.265. The lowest BCUT2D eigenvalue weighted by Gasteiger charge is -2.18. The van der Waals surface area contributed by atoms with Crippen molar-refractivity contribution in [2.75, 3.05) is 27.3 Å². The summed E-state index contributed by atoms with van der Waals surface area (Å²) in [6, 6.07) is 13.7. The first kappa shape index (κ1) is 17.7. The van der Waals surface area contributed by atoms with Gasteiger partial charge in [0.05, 0.1) is 13.7 Å². The second-order valence-corrected chi connectivity index (χ2v) is 5.30. The minimum atomic E-state index is 0.0192. The molecule has 0 amide bonds. The van der Waals surface area contributed by atoms with E-state index in [1.807, 2.05) is 42.5 Å². The van der Waals surface area contributed by atoms with Crippen LogP contribution in [-0.4, -0.2) is 43.4 Å². The monoisotopic (exact) mass is 328 g/mol. The minimum absolute atomic E-state index is 0.0192. The van der Waals surface area contributed by atoms with Gasteiger partial charge in [0.25, 0.3) is 0 Å². The van der Waals surface area contributed by atoms with Crippen LogP contribution in [-0.2, 0) is 6.54 Å². The van der Waals surface area contributed by atoms with Gasteiger partial charge in [-0.3, -0.25) is 4.99 Å². The van der Waals surface area contributed by atoms with Crippen molar-refractivity contribution in [2.24, 2.45) is 4.99 Å². The van der Waals surface area contributed by atoms with Gasteiger partial charge < -0.3 is 20.5 Å². The van der Waals surface area contributed by atoms with Crippen molar-refractivity contribution in [3.05, 3.63) is 59.8 Å². The van der Waals surface area contributed by atoms with Gasteiger partial charge in [0.1, 0.15) is 0 Å². The Hall–Kier alpha value is -2.60. The van der Waals surface area contributed by atoms with Gasteiger partial charge in [0, 0.05) is 38.3 Å². The molecule has 0 aliphatic carbocycles. The molecule has 0 spiro atoms. The third-order valence-electron chi connectivity index (χ3n) is 3.70. The summed E-state index contributed by atoms with van der Waals surface area (Å²) in [7, 11) is 3.32. The molecule has 0 aliphatic heterocycles. The Balaban J connectivity index is 1.87. The number of hydrogen-bond donors (Lipinski definition) is 3. The molecule has 2 rings (SSSR count). The Labute approximate surface area is 142 Å². The van der Waals surface area contributed by atoms with E-state index in [1.54, 1.807) is 20.4 Å². The molecule has 0 aliphatic rings. The SMILES string of the molecule is CN=C(NCc1ccnc(OC)c1)NCC(CO)c1ccccc1. The summed E-state index contributed by atoms with van der Waals surface area (Å²) >= 11 is 0. The van der Waals surface area contributed by atoms with Gasteiger partial charge in [-0.25, -0.2) is 4.98 Å². The first-order valence-electron chi connectivity index (χ1n) is 7.86. The Kier molecular flexibility index (Phi) is 7.04. The van der Waals surface area contributed by atoms with E-state index < -0.39 is 0 Å². The van der Waals surface area contributed by atoms with Gasteiger partial charge in [-0.2, -0.15) is 0 Å². The molecular weight excluding hydrogens is 304 g/mol. The molecule has 24 heavy (non-hydrogen) atoms. The first-order chi connectivity index (χ1) is 11.8. The van der Waals surface area contributed by atoms with Crippen LogP contribution in [0.4, 0.5) is 0 Å². The van der Waals surface area contributed by atoms with Crippen LogP contribution < -0.4 is 15.4 Å². The largest absolute Gasteiger partial charge is 0.481 e. The number of nitrogens with one attached hydrogen (secondary N) is 2. The van der Waals surface area contributed by atoms with Gasteiger partial charge in [0.15, 0.2) is 5.96 Å². The Morgan fingerprint density at radius 3 is 2.71 bits per heavy atom. The third kappa shape index (κ3) is 5.24. The molecule has 3 N–H and O–H groups in total. The van der Waals surface area contributed by atoms with Gasteiger partial charge in [-0.1, -0.05) is 30.3 Å². The van der Waals surface area contributed by atoms with Gasteiger partial charge in [-0.15, -0.1) is 0 Å². The first-order valence-corrected chi connectivity index (χ1v) is 7.86. The number of pyridine rings is 1. The van der Waals surface area contributed by atoms with Crippen LogP contribution in [0.3, 0.4) is 0 Å². The van der Waals surface area contributed by atoms with E-state index in [4.69, 9.17) is 4.74 Å². The maximum absolute atomic E-state index is 9.61. The molecular formula is C18H24N4O2. The molecule has 1 aromatic heterocycles. The van der Waals surface area contributed by atoms with Crippen LogP contribution in [0.1, 0.15) is 17.0 Å². The number of hydrogen-bond acceptors (Lipinski definition) is 4. The quantitative estimate of drug-likeness (QED) is 0.531. The lowest BCUT2D eigenvalue weighted by Crippen LogP contribution is -2.39. The molecule has 6 nitrogen and oxygen atoms in total. The lowest BCUT2D eigenvalue weighted by atomic mass is 10.0. The molecule has 1 aromatic carbocycles. The standard InChI is InChI=1S/C18H24N4O2/c1-19-18(21-11-14-8-9-20-17(10-14)24-2)22-12-16(13-23)15-6-4-3-5-7-15/h3-10,16,23H,11-13H2,1-2H3,(H2,19,21,22). The highest BCUT2D eigenvalue weighted by Crippen LogP contribution is 2.13. The Morgan fingerprint density at radius 2 is 2.04 bits per heavy atom. The number of aliphatic imine (C=N–C) groups is 1. The number of guanidine groups is 1. The molecule has 0 saturated heterocycles. The number of aliphatic hydroxyl groups is 1. The summed E-state index contributed by atoms with van der Waals surface area (Å²) in [5, 5.41) is 16.1. The van der Waals surface area contributed by atoms with E-state index in [9.17, 15) is 5.11 Å². The highest BCUT2D eigenvalue weighted by atomic mass is 16.5. The van der Waals surface area contributed by atoms with E-state index in [-0.39, 0.29) is 12.5 Å². The van der Waals surface area contributed by atoms with Crippen molar-refractivity contribution in [3.8, 4) is 5.88 Å². The zero-order valence-corrected chi connectivity index (χ0v) is 14.1. The predicted octanol–water partition coefficient (Wildman–Crippen LogP) is 1.53. The van der Waals surface area contributed by atoms with Gasteiger partial charge in [-0.05, 0) is 17.2 Å². The molecule has 1 atom stereocenters. The zero-order valence-electron chi connectivity index (χ0n) is 14.1. The van der Waals surface area contributed by atoms with E-state index in [1.165, 1.54) is 0 Å². The van der Waals surface area contributed by atoms with Crippen molar-refractivity contribution >= 4 is 5.96 Å². The highest BCUT2D eigenvalue weighted by Gasteiger charge is 2.10. The maximum Gasteiger partial charge on any atom is 0.213 e. The fourth-order valence-corrected chi connectivity index (χ4v) is 2.31. The van der Waals surface area contributed by atoms with Gasteiger partial charge >= 0.3 is 0 Å². The maximum atomic E-state index is 9.61. The molecule has 0 fully saturated rings. The van der Waals surface area contributed by atoms with Crippen molar-refractivity contribution in [1.82, 2.24) is 15.6 Å². The van der Waals surface area contributed by atoms with Gasteiger partial charge in [0.2, 0.25) is 5.88 Å². The van der Waals surface area contributed by atoms with E-state index in [2.05, 4.69) is 20.6 Å². The third-order valence-corrected chi connectivity index (χ3v) is 3.70. The molecule has 1 heterocycles. The van der Waals surface area contributed by atoms with Crippen molar-refractivity contribution in [3.63, 3.8) is 0 Å². The molecule has 1 unspecified atom stereocenters. The van der Waals surface area contributed by atoms with E-state index in [0.717, 1.165) is 11.1 Å². The minimum Gasteiger partial charge on any atom is -0.481 e. The van der Waals surface area contributed by atoms with Crippen molar-refractivity contribution in [2.45, 2.75) is 12.5 Å². The summed E-state index contributed by atoms with van der Waals surface area (Å²) in [5.74, 6) is 1.28. The topological polar surface area (TPSA) is 78.8 Å². The second-order valence-electron chi connectivity index (χ2n) is 5.30. The fourth-order valence-electron chi connectivity index (χ4n) is 2.31. The fraction of sp³-hybridized carbons (Fsp3) is 0.333. The van der Waals surface area contributed by atoms with Crippen LogP contribution in [0.5, 0.6) is 5.88 Å². The normalized spacial score (nSPS) is 12.5. The summed E-state index contributed by atoms with van der Waals surface area (Å²) < 4.78 is 5.12. The average Bonchev–Trinajstić information content (AvgIpc) is 2.65. The Morgan fingerprint density at radius 1 is 1.25 bits per heavy atom. The predicted molar refractivity (Wildman–Crippen MR) is 95.3 cm³/mol. The zero-order chi connectivity index (χ0) is 17.2. The summed E-state index contributed by atoms with van der Waals surface area (Å²) in [5.41, 5.74) is 2.15. The summed E-state index contributed by atoms with van der Waals surface area (Å²) in [4.78, 5) is 8.30. The molecule has 2 aromatic rings. The number of methoxy groups -OCH3 is 1. The van der Waals surface area contributed by atoms with Crippen LogP contribution in [0, 0.1) is 0 Å². The number of benzene rings is 1. The number of aliphatic hydroxyl groups excluding tert-OH is 1.